The molecule has 0 saturated carbocycles. The van der Waals surface area contributed by atoms with E-state index in [1.54, 1.807) is 31.8 Å². The van der Waals surface area contributed by atoms with E-state index in [0.717, 1.165) is 85.4 Å². The van der Waals surface area contributed by atoms with Crippen molar-refractivity contribution < 1.29 is 33.6 Å². The maximum absolute atomic E-state index is 14.1. The van der Waals surface area contributed by atoms with E-state index in [4.69, 9.17) is 16.3 Å². The third-order valence-electron chi connectivity index (χ3n) is 13.9. The number of methoxy groups -OCH3 is 1. The molecule has 4 heterocycles. The zero-order valence-corrected chi connectivity index (χ0v) is 47.3. The van der Waals surface area contributed by atoms with Crippen molar-refractivity contribution in [2.24, 2.45) is 5.41 Å². The van der Waals surface area contributed by atoms with E-state index in [-0.39, 0.29) is 55.6 Å². The molecule has 2 aliphatic rings. The van der Waals surface area contributed by atoms with Gasteiger partial charge >= 0.3 is 0 Å². The lowest BCUT2D eigenvalue weighted by molar-refractivity contribution is -0.144. The highest BCUT2D eigenvalue weighted by molar-refractivity contribution is 7.70. The number of piperidine rings is 1. The molecule has 1 unspecified atom stereocenters. The monoisotopic (exact) mass is 1100 g/mol. The second-order valence-electron chi connectivity index (χ2n) is 21.3. The predicted molar refractivity (Wildman–Crippen MR) is 304 cm³/mol. The average molecular weight is 1100 g/mol. The second-order valence-corrected chi connectivity index (χ2v) is 25.7. The molecule has 0 radical (unpaired) electrons. The number of β-amino-alcohol motifs (C(OH)–C–C–N with tert-alkyl or cyclic N) is 1. The molecule has 3 atom stereocenters. The van der Waals surface area contributed by atoms with Crippen LogP contribution in [0.4, 0.5) is 28.8 Å². The van der Waals surface area contributed by atoms with Gasteiger partial charge in [-0.1, -0.05) is 94.5 Å². The van der Waals surface area contributed by atoms with Crippen molar-refractivity contribution in [1.29, 1.82) is 0 Å². The van der Waals surface area contributed by atoms with Crippen LogP contribution in [0, 0.1) is 12.3 Å². The van der Waals surface area contributed by atoms with E-state index < -0.39 is 30.7 Å². The fourth-order valence-corrected chi connectivity index (χ4v) is 11.8. The summed E-state index contributed by atoms with van der Waals surface area (Å²) in [5.41, 5.74) is 6.46. The van der Waals surface area contributed by atoms with Gasteiger partial charge in [0.1, 0.15) is 30.0 Å². The number of likely N-dealkylation sites (tertiary alicyclic amines) is 1. The van der Waals surface area contributed by atoms with Gasteiger partial charge in [-0.25, -0.2) is 9.97 Å². The third kappa shape index (κ3) is 15.8. The molecule has 7 rings (SSSR count). The molecule has 2 aromatic heterocycles. The Morgan fingerprint density at radius 3 is 2.24 bits per heavy atom. The molecule has 0 aliphatic carbocycles. The highest BCUT2D eigenvalue weighted by Crippen LogP contribution is 2.39. The summed E-state index contributed by atoms with van der Waals surface area (Å²) >= 11 is 8.06. The third-order valence-corrected chi connectivity index (χ3v) is 16.7. The second kappa shape index (κ2) is 26.3. The number of benzene rings is 3. The highest BCUT2D eigenvalue weighted by atomic mass is 35.5. The van der Waals surface area contributed by atoms with Gasteiger partial charge in [0.25, 0.3) is 0 Å². The molecule has 17 nitrogen and oxygen atoms in total. The minimum absolute atomic E-state index is 0.0179. The molecule has 3 aromatic carbocycles. The summed E-state index contributed by atoms with van der Waals surface area (Å²) in [5.74, 6) is 0.418. The van der Waals surface area contributed by atoms with Gasteiger partial charge in [0.15, 0.2) is 5.82 Å². The van der Waals surface area contributed by atoms with Gasteiger partial charge in [0.05, 0.1) is 46.9 Å². The minimum Gasteiger partial charge on any atom is -0.494 e. The number of rotatable bonds is 23. The van der Waals surface area contributed by atoms with Crippen molar-refractivity contribution >= 4 is 87.8 Å². The van der Waals surface area contributed by atoms with Crippen molar-refractivity contribution in [3.8, 4) is 16.2 Å². The number of ether oxygens (including phenoxy) is 1. The zero-order valence-electron chi connectivity index (χ0n) is 44.8. The van der Waals surface area contributed by atoms with Crippen LogP contribution >= 0.6 is 30.1 Å². The van der Waals surface area contributed by atoms with Crippen LogP contribution in [0.25, 0.3) is 10.4 Å². The molecule has 20 heteroatoms. The Balaban J connectivity index is 0.772. The molecule has 0 bridgehead atoms. The van der Waals surface area contributed by atoms with Gasteiger partial charge in [-0.2, -0.15) is 4.98 Å². The standard InChI is InChI=1S/C56H74ClN10O7PS/c1-36-50(76-35-60-36)38-22-20-37(21-23-38)32-58-53(71)45-31-41(68)34-67(45)54(72)51(56(2,3)4)64-49(70)19-13-11-9-8-10-12-18-48(69)61-39-26-28-66(29-27-39)40-24-25-43(46(30-40)74-5)63-55-59-33-42(57)52(65-55)62-44-16-14-15-17-47(44)75(6,7)73/h14-17,20-25,30,33,35,39,41,45,51,68H,8-13,18-19,26-29,31-32,34H2,1-7H3,(H,58,71)(H,61,69)(H,64,70)(H2,59,62,63,65)/t41-,45+,51?/m1/s1. The van der Waals surface area contributed by atoms with Gasteiger partial charge < -0.3 is 50.8 Å². The summed E-state index contributed by atoms with van der Waals surface area (Å²) in [6.07, 6.45) is 8.27. The number of aliphatic hydroxyl groups is 1. The van der Waals surface area contributed by atoms with Crippen molar-refractivity contribution in [1.82, 2.24) is 35.8 Å². The van der Waals surface area contributed by atoms with Crippen LogP contribution in [0.2, 0.25) is 5.02 Å². The number of carbonyl (C=O) groups is 4. The van der Waals surface area contributed by atoms with E-state index in [9.17, 15) is 28.8 Å². The smallest absolute Gasteiger partial charge is 0.246 e. The van der Waals surface area contributed by atoms with Crippen LogP contribution in [0.1, 0.15) is 103 Å². The number of amides is 4. The lowest BCUT2D eigenvalue weighted by Crippen LogP contribution is -2.57. The largest absolute Gasteiger partial charge is 0.494 e. The van der Waals surface area contributed by atoms with Crippen molar-refractivity contribution in [3.63, 3.8) is 0 Å². The van der Waals surface area contributed by atoms with Gasteiger partial charge in [-0.15, -0.1) is 11.3 Å². The number of para-hydroxylation sites is 1. The quantitative estimate of drug-likeness (QED) is 0.0266. The Labute approximate surface area is 456 Å². The number of hydrogen-bond acceptors (Lipinski definition) is 14. The number of halogens is 1. The lowest BCUT2D eigenvalue weighted by atomic mass is 9.85. The first-order chi connectivity index (χ1) is 36.3. The normalized spacial score (nSPS) is 16.5. The summed E-state index contributed by atoms with van der Waals surface area (Å²) in [7, 11) is -0.960. The number of nitrogens with zero attached hydrogens (tertiary/aromatic N) is 5. The molecule has 4 amide bonds. The average Bonchev–Trinajstić information content (AvgIpc) is 4.02. The molecular formula is C56H74ClN10O7PS. The van der Waals surface area contributed by atoms with E-state index in [1.165, 1.54) is 11.1 Å². The van der Waals surface area contributed by atoms with Crippen LogP contribution in [-0.4, -0.2) is 113 Å². The van der Waals surface area contributed by atoms with E-state index in [0.29, 0.717) is 52.1 Å². The maximum Gasteiger partial charge on any atom is 0.246 e. The number of aryl methyl sites for hydroxylation is 1. The van der Waals surface area contributed by atoms with Crippen LogP contribution < -0.4 is 41.5 Å². The molecule has 2 saturated heterocycles. The molecule has 6 N–H and O–H groups in total. The first kappa shape index (κ1) is 57.6. The van der Waals surface area contributed by atoms with Crippen molar-refractivity contribution in [3.05, 3.63) is 94.7 Å². The number of thiazole rings is 1. The number of unbranched alkanes of at least 4 members (excludes halogenated alkanes) is 5. The first-order valence-corrected chi connectivity index (χ1v) is 30.1. The Morgan fingerprint density at radius 2 is 1.58 bits per heavy atom. The number of carbonyl (C=O) groups excluding carboxylic acids is 4. The van der Waals surface area contributed by atoms with Crippen LogP contribution in [-0.2, 0) is 30.3 Å². The topological polar surface area (TPSA) is 220 Å². The number of hydrogen-bond donors (Lipinski definition) is 6. The molecular weight excluding hydrogens is 1020 g/mol. The van der Waals surface area contributed by atoms with Crippen LogP contribution in [0.5, 0.6) is 5.75 Å². The Kier molecular flexibility index (Phi) is 20.0. The molecule has 408 valence electrons. The summed E-state index contributed by atoms with van der Waals surface area (Å²) in [6.45, 7) is 12.9. The van der Waals surface area contributed by atoms with E-state index in [2.05, 4.69) is 46.4 Å². The van der Waals surface area contributed by atoms with E-state index in [1.807, 2.05) is 99.9 Å². The maximum atomic E-state index is 14.1. The minimum atomic E-state index is -2.57. The number of anilines is 5. The summed E-state index contributed by atoms with van der Waals surface area (Å²) in [6, 6.07) is 19.6. The molecule has 2 fully saturated rings. The summed E-state index contributed by atoms with van der Waals surface area (Å²) in [4.78, 5) is 71.8. The lowest BCUT2D eigenvalue weighted by Gasteiger charge is -2.35. The highest BCUT2D eigenvalue weighted by Gasteiger charge is 2.44. The predicted octanol–water partition coefficient (Wildman–Crippen LogP) is 9.32. The van der Waals surface area contributed by atoms with Gasteiger partial charge in [0, 0.05) is 68.5 Å². The Morgan fingerprint density at radius 1 is 0.895 bits per heavy atom. The van der Waals surface area contributed by atoms with Gasteiger partial charge in [-0.3, -0.25) is 19.2 Å². The SMILES string of the molecule is COc1cc(N2CCC(NC(=O)CCCCCCCCC(=O)NC(C(=O)N3C[C@H](O)C[C@H]3C(=O)NCc3ccc(-c4scnc4C)cc3)C(C)(C)C)CC2)ccc1Nc1ncc(Cl)c(Nc2ccccc2P(C)(C)=O)n1. The van der Waals surface area contributed by atoms with Crippen molar-refractivity contribution in [2.75, 3.05) is 55.6 Å². The van der Waals surface area contributed by atoms with Gasteiger partial charge in [-0.05, 0) is 86.7 Å². The number of aromatic nitrogens is 3. The fourth-order valence-electron chi connectivity index (χ4n) is 9.67. The summed E-state index contributed by atoms with van der Waals surface area (Å²) in [5, 5.41) is 27.3. The fraction of sp³-hybridized carbons (Fsp3) is 0.482. The molecule has 0 spiro atoms. The molecule has 5 aromatic rings. The zero-order chi connectivity index (χ0) is 54.6. The van der Waals surface area contributed by atoms with E-state index >= 15 is 0 Å². The number of nitrogens with one attached hydrogen (secondary N) is 5. The Hall–Kier alpha value is -6.07. The first-order valence-electron chi connectivity index (χ1n) is 26.3. The van der Waals surface area contributed by atoms with Crippen LogP contribution in [0.3, 0.4) is 0 Å². The molecule has 76 heavy (non-hydrogen) atoms. The Bertz CT molecular complexity index is 2850. The van der Waals surface area contributed by atoms with Crippen LogP contribution in [0.15, 0.2) is 78.4 Å². The van der Waals surface area contributed by atoms with Gasteiger partial charge in [0.2, 0.25) is 29.6 Å². The van der Waals surface area contributed by atoms with Crippen molar-refractivity contribution in [2.45, 2.75) is 129 Å². The molecule has 2 aliphatic heterocycles. The summed E-state index contributed by atoms with van der Waals surface area (Å²) < 4.78 is 18.7. The number of aliphatic hydroxyl groups excluding tert-OH is 1.